The molecule has 1 heterocycles. The van der Waals surface area contributed by atoms with Gasteiger partial charge in [-0.3, -0.25) is 9.69 Å². The van der Waals surface area contributed by atoms with E-state index in [0.29, 0.717) is 19.0 Å². The minimum absolute atomic E-state index is 0.0149. The lowest BCUT2D eigenvalue weighted by molar-refractivity contribution is -0.122. The van der Waals surface area contributed by atoms with E-state index in [0.717, 1.165) is 12.2 Å². The predicted molar refractivity (Wildman–Crippen MR) is 80.2 cm³/mol. The summed E-state index contributed by atoms with van der Waals surface area (Å²) in [5, 5.41) is 2.92. The Bertz CT molecular complexity index is 390. The minimum Gasteiger partial charge on any atom is -0.468 e. The molecule has 0 aliphatic carbocycles. The second kappa shape index (κ2) is 8.07. The smallest absolute Gasteiger partial charge is 0.234 e. The molecule has 20 heavy (non-hydrogen) atoms. The van der Waals surface area contributed by atoms with E-state index < -0.39 is 0 Å². The summed E-state index contributed by atoms with van der Waals surface area (Å²) in [5.41, 5.74) is 6.17. The van der Waals surface area contributed by atoms with Crippen molar-refractivity contribution >= 4 is 5.91 Å². The summed E-state index contributed by atoms with van der Waals surface area (Å²) in [5.74, 6) is 1.27. The van der Waals surface area contributed by atoms with Crippen LogP contribution in [0.3, 0.4) is 0 Å². The molecule has 5 nitrogen and oxygen atoms in total. The van der Waals surface area contributed by atoms with Crippen molar-refractivity contribution in [3.63, 3.8) is 0 Å². The van der Waals surface area contributed by atoms with Crippen LogP contribution < -0.4 is 11.1 Å². The first-order valence-electron chi connectivity index (χ1n) is 7.21. The van der Waals surface area contributed by atoms with E-state index in [-0.39, 0.29) is 18.0 Å². The van der Waals surface area contributed by atoms with Gasteiger partial charge in [-0.1, -0.05) is 20.8 Å². The largest absolute Gasteiger partial charge is 0.468 e. The highest BCUT2D eigenvalue weighted by Crippen LogP contribution is 2.23. The van der Waals surface area contributed by atoms with Gasteiger partial charge in [0, 0.05) is 12.6 Å². The average molecular weight is 281 g/mol. The fourth-order valence-corrected chi connectivity index (χ4v) is 2.14. The normalized spacial score (nSPS) is 14.6. The zero-order chi connectivity index (χ0) is 15.1. The molecule has 114 valence electrons. The van der Waals surface area contributed by atoms with Crippen LogP contribution in [0, 0.1) is 5.92 Å². The Balaban J connectivity index is 2.65. The second-order valence-electron chi connectivity index (χ2n) is 5.65. The Hall–Kier alpha value is -1.33. The molecule has 5 heteroatoms. The Morgan fingerprint density at radius 3 is 2.70 bits per heavy atom. The Kier molecular flexibility index (Phi) is 6.75. The standard InChI is InChI=1S/C15H27N3O2/c1-5-12(16)15(13-7-6-8-20-13)18(4)10-14(19)17-9-11(2)3/h6-8,11-12,15H,5,9-10,16H2,1-4H3,(H,17,19). The van der Waals surface area contributed by atoms with Gasteiger partial charge in [0.05, 0.1) is 18.8 Å². The van der Waals surface area contributed by atoms with Crippen LogP contribution in [0.25, 0.3) is 0 Å². The van der Waals surface area contributed by atoms with Gasteiger partial charge in [0.2, 0.25) is 5.91 Å². The number of carbonyl (C=O) groups excluding carboxylic acids is 1. The first kappa shape index (κ1) is 16.7. The molecule has 1 aromatic heterocycles. The third kappa shape index (κ3) is 4.98. The molecule has 3 N–H and O–H groups in total. The molecule has 0 radical (unpaired) electrons. The number of carbonyl (C=O) groups is 1. The molecule has 0 spiro atoms. The first-order chi connectivity index (χ1) is 9.45. The van der Waals surface area contributed by atoms with Gasteiger partial charge in [0.15, 0.2) is 0 Å². The molecule has 0 aliphatic heterocycles. The fourth-order valence-electron chi connectivity index (χ4n) is 2.14. The van der Waals surface area contributed by atoms with Crippen LogP contribution in [-0.2, 0) is 4.79 Å². The summed E-state index contributed by atoms with van der Waals surface area (Å²) in [7, 11) is 1.90. The Morgan fingerprint density at radius 1 is 1.50 bits per heavy atom. The zero-order valence-electron chi connectivity index (χ0n) is 12.9. The quantitative estimate of drug-likeness (QED) is 0.761. The lowest BCUT2D eigenvalue weighted by Crippen LogP contribution is -2.44. The van der Waals surface area contributed by atoms with Crippen molar-refractivity contribution in [3.8, 4) is 0 Å². The van der Waals surface area contributed by atoms with Crippen molar-refractivity contribution in [2.45, 2.75) is 39.3 Å². The minimum atomic E-state index is -0.0835. The van der Waals surface area contributed by atoms with E-state index in [1.165, 1.54) is 0 Å². The zero-order valence-corrected chi connectivity index (χ0v) is 12.9. The average Bonchev–Trinajstić information content (AvgIpc) is 2.90. The predicted octanol–water partition coefficient (Wildman–Crippen LogP) is 1.76. The third-order valence-corrected chi connectivity index (χ3v) is 3.29. The van der Waals surface area contributed by atoms with Gasteiger partial charge in [-0.15, -0.1) is 0 Å². The van der Waals surface area contributed by atoms with Crippen LogP contribution >= 0.6 is 0 Å². The second-order valence-corrected chi connectivity index (χ2v) is 5.65. The molecule has 0 bridgehead atoms. The molecular formula is C15H27N3O2. The first-order valence-corrected chi connectivity index (χ1v) is 7.21. The topological polar surface area (TPSA) is 71.5 Å². The lowest BCUT2D eigenvalue weighted by Gasteiger charge is -2.30. The molecule has 2 unspecified atom stereocenters. The number of nitrogens with one attached hydrogen (secondary N) is 1. The Labute approximate surface area is 121 Å². The lowest BCUT2D eigenvalue weighted by atomic mass is 10.0. The highest BCUT2D eigenvalue weighted by Gasteiger charge is 2.26. The number of rotatable bonds is 8. The Morgan fingerprint density at radius 2 is 2.20 bits per heavy atom. The van der Waals surface area contributed by atoms with E-state index in [4.69, 9.17) is 10.2 Å². The van der Waals surface area contributed by atoms with E-state index >= 15 is 0 Å². The number of nitrogens with two attached hydrogens (primary N) is 1. The molecule has 2 atom stereocenters. The summed E-state index contributed by atoms with van der Waals surface area (Å²) < 4.78 is 5.47. The maximum Gasteiger partial charge on any atom is 0.234 e. The number of nitrogens with zero attached hydrogens (tertiary/aromatic N) is 1. The third-order valence-electron chi connectivity index (χ3n) is 3.29. The van der Waals surface area contributed by atoms with Crippen molar-refractivity contribution in [3.05, 3.63) is 24.2 Å². The van der Waals surface area contributed by atoms with E-state index in [1.807, 2.05) is 31.0 Å². The number of hydrogen-bond acceptors (Lipinski definition) is 4. The van der Waals surface area contributed by atoms with Gasteiger partial charge in [-0.25, -0.2) is 0 Å². The summed E-state index contributed by atoms with van der Waals surface area (Å²) in [6, 6.07) is 3.60. The van der Waals surface area contributed by atoms with Crippen molar-refractivity contribution in [1.82, 2.24) is 10.2 Å². The number of amides is 1. The van der Waals surface area contributed by atoms with Crippen LogP contribution in [0.1, 0.15) is 39.0 Å². The van der Waals surface area contributed by atoms with E-state index in [1.54, 1.807) is 6.26 Å². The van der Waals surface area contributed by atoms with Crippen molar-refractivity contribution in [1.29, 1.82) is 0 Å². The number of hydrogen-bond donors (Lipinski definition) is 2. The molecule has 1 amide bonds. The molecular weight excluding hydrogens is 254 g/mol. The molecule has 0 aromatic carbocycles. The van der Waals surface area contributed by atoms with Gasteiger partial charge >= 0.3 is 0 Å². The van der Waals surface area contributed by atoms with Crippen molar-refractivity contribution < 1.29 is 9.21 Å². The fraction of sp³-hybridized carbons (Fsp3) is 0.667. The number of furan rings is 1. The molecule has 0 aliphatic rings. The maximum absolute atomic E-state index is 11.9. The SMILES string of the molecule is CCC(N)C(c1ccco1)N(C)CC(=O)NCC(C)C. The summed E-state index contributed by atoms with van der Waals surface area (Å²) in [4.78, 5) is 13.9. The van der Waals surface area contributed by atoms with Crippen molar-refractivity contribution in [2.75, 3.05) is 20.1 Å². The number of likely N-dealkylation sites (N-methyl/N-ethyl adjacent to an activating group) is 1. The molecule has 0 saturated carbocycles. The van der Waals surface area contributed by atoms with Crippen LogP contribution in [0.4, 0.5) is 0 Å². The summed E-state index contributed by atoms with van der Waals surface area (Å²) in [6.07, 6.45) is 2.46. The van der Waals surface area contributed by atoms with Crippen LogP contribution in [0.15, 0.2) is 22.8 Å². The van der Waals surface area contributed by atoms with Gasteiger partial charge in [0.1, 0.15) is 5.76 Å². The van der Waals surface area contributed by atoms with Gasteiger partial charge in [0.25, 0.3) is 0 Å². The summed E-state index contributed by atoms with van der Waals surface area (Å²) >= 11 is 0. The van der Waals surface area contributed by atoms with Gasteiger partial charge in [-0.05, 0) is 31.5 Å². The van der Waals surface area contributed by atoms with Crippen LogP contribution in [-0.4, -0.2) is 37.0 Å². The molecule has 1 aromatic rings. The highest BCUT2D eigenvalue weighted by atomic mass is 16.3. The van der Waals surface area contributed by atoms with Gasteiger partial charge in [-0.2, -0.15) is 0 Å². The van der Waals surface area contributed by atoms with E-state index in [9.17, 15) is 4.79 Å². The van der Waals surface area contributed by atoms with Crippen LogP contribution in [0.5, 0.6) is 0 Å². The summed E-state index contributed by atoms with van der Waals surface area (Å²) in [6.45, 7) is 7.18. The van der Waals surface area contributed by atoms with Crippen LogP contribution in [0.2, 0.25) is 0 Å². The highest BCUT2D eigenvalue weighted by molar-refractivity contribution is 5.78. The monoisotopic (exact) mass is 281 g/mol. The van der Waals surface area contributed by atoms with E-state index in [2.05, 4.69) is 19.2 Å². The molecule has 0 fully saturated rings. The van der Waals surface area contributed by atoms with Crippen molar-refractivity contribution in [2.24, 2.45) is 11.7 Å². The molecule has 1 rings (SSSR count). The van der Waals surface area contributed by atoms with Gasteiger partial charge < -0.3 is 15.5 Å². The maximum atomic E-state index is 11.9. The molecule has 0 saturated heterocycles.